The Bertz CT molecular complexity index is 875. The summed E-state index contributed by atoms with van der Waals surface area (Å²) < 4.78 is 0. The summed E-state index contributed by atoms with van der Waals surface area (Å²) in [6.07, 6.45) is 0.990. The van der Waals surface area contributed by atoms with Crippen LogP contribution in [-0.4, -0.2) is 17.2 Å². The predicted molar refractivity (Wildman–Crippen MR) is 98.3 cm³/mol. The molecule has 3 nitrogen and oxygen atoms in total. The molecule has 0 spiro atoms. The lowest BCUT2D eigenvalue weighted by atomic mass is 9.80. The van der Waals surface area contributed by atoms with Crippen molar-refractivity contribution in [2.24, 2.45) is 0 Å². The van der Waals surface area contributed by atoms with E-state index < -0.39 is 7.12 Å². The molecule has 0 bridgehead atoms. The zero-order valence-electron chi connectivity index (χ0n) is 13.2. The maximum atomic E-state index is 9.13. The average Bonchev–Trinajstić information content (AvgIpc) is 2.98. The minimum atomic E-state index is -1.41. The molecular formula is C20H18BNO2. The van der Waals surface area contributed by atoms with Crippen LogP contribution in [0.1, 0.15) is 16.7 Å². The largest absolute Gasteiger partial charge is 0.488 e. The quantitative estimate of drug-likeness (QED) is 0.507. The Hall–Kier alpha value is -2.56. The molecular weight excluding hydrogens is 297 g/mol. The topological polar surface area (TPSA) is 52.5 Å². The molecule has 3 N–H and O–H groups in total. The summed E-state index contributed by atoms with van der Waals surface area (Å²) >= 11 is 0. The van der Waals surface area contributed by atoms with E-state index in [1.807, 2.05) is 12.1 Å². The second-order valence-corrected chi connectivity index (χ2v) is 6.17. The molecule has 0 radical (unpaired) electrons. The molecule has 0 unspecified atom stereocenters. The number of anilines is 1. The smallest absolute Gasteiger partial charge is 0.423 e. The summed E-state index contributed by atoms with van der Waals surface area (Å²) in [5.74, 6) is 0. The lowest BCUT2D eigenvalue weighted by molar-refractivity contribution is 0.426. The summed E-state index contributed by atoms with van der Waals surface area (Å²) in [5.41, 5.74) is 8.14. The van der Waals surface area contributed by atoms with Crippen LogP contribution in [0.15, 0.2) is 66.7 Å². The Morgan fingerprint density at radius 2 is 1.58 bits per heavy atom. The minimum absolute atomic E-state index is 0.508. The molecule has 3 aromatic carbocycles. The van der Waals surface area contributed by atoms with Gasteiger partial charge < -0.3 is 15.4 Å². The minimum Gasteiger partial charge on any atom is -0.423 e. The zero-order valence-corrected chi connectivity index (χ0v) is 13.2. The second kappa shape index (κ2) is 6.15. The fraction of sp³-hybridized carbons (Fsp3) is 0.100. The first kappa shape index (κ1) is 15.0. The van der Waals surface area contributed by atoms with Crippen molar-refractivity contribution in [3.8, 4) is 11.1 Å². The fourth-order valence-corrected chi connectivity index (χ4v) is 3.27. The first-order chi connectivity index (χ1) is 11.7. The Morgan fingerprint density at radius 3 is 2.38 bits per heavy atom. The summed E-state index contributed by atoms with van der Waals surface area (Å²) in [5, 5.41) is 21.7. The Balaban J connectivity index is 1.48. The maximum absolute atomic E-state index is 9.13. The molecule has 118 valence electrons. The molecule has 0 atom stereocenters. The van der Waals surface area contributed by atoms with Crippen LogP contribution in [0.25, 0.3) is 11.1 Å². The summed E-state index contributed by atoms with van der Waals surface area (Å²) in [7, 11) is -1.41. The third-order valence-corrected chi connectivity index (χ3v) is 4.57. The van der Waals surface area contributed by atoms with E-state index in [2.05, 4.69) is 47.8 Å². The monoisotopic (exact) mass is 315 g/mol. The van der Waals surface area contributed by atoms with E-state index in [-0.39, 0.29) is 0 Å². The SMILES string of the molecule is OB(O)c1ccc(CNc2ccc3c(c2)Cc2ccccc2-3)cc1. The van der Waals surface area contributed by atoms with Crippen LogP contribution >= 0.6 is 0 Å². The molecule has 0 saturated carbocycles. The van der Waals surface area contributed by atoms with Crippen molar-refractivity contribution in [3.63, 3.8) is 0 Å². The van der Waals surface area contributed by atoms with Crippen molar-refractivity contribution in [2.45, 2.75) is 13.0 Å². The van der Waals surface area contributed by atoms with Gasteiger partial charge in [0.05, 0.1) is 0 Å². The summed E-state index contributed by atoms with van der Waals surface area (Å²) in [6.45, 7) is 0.702. The summed E-state index contributed by atoms with van der Waals surface area (Å²) in [4.78, 5) is 0. The lowest BCUT2D eigenvalue weighted by Crippen LogP contribution is -2.29. The highest BCUT2D eigenvalue weighted by Crippen LogP contribution is 2.37. The molecule has 0 saturated heterocycles. The van der Waals surface area contributed by atoms with E-state index in [1.54, 1.807) is 12.1 Å². The molecule has 0 aliphatic heterocycles. The van der Waals surface area contributed by atoms with Crippen LogP contribution in [0.3, 0.4) is 0 Å². The van der Waals surface area contributed by atoms with Gasteiger partial charge in [-0.15, -0.1) is 0 Å². The van der Waals surface area contributed by atoms with E-state index >= 15 is 0 Å². The van der Waals surface area contributed by atoms with Gasteiger partial charge in [-0.3, -0.25) is 0 Å². The van der Waals surface area contributed by atoms with E-state index in [0.717, 1.165) is 17.7 Å². The highest BCUT2D eigenvalue weighted by molar-refractivity contribution is 6.58. The van der Waals surface area contributed by atoms with Crippen LogP contribution in [0, 0.1) is 0 Å². The molecule has 0 heterocycles. The van der Waals surface area contributed by atoms with Gasteiger partial charge in [0.2, 0.25) is 0 Å². The van der Waals surface area contributed by atoms with Gasteiger partial charge in [-0.05, 0) is 51.8 Å². The maximum Gasteiger partial charge on any atom is 0.488 e. The average molecular weight is 315 g/mol. The number of nitrogens with one attached hydrogen (secondary N) is 1. The molecule has 0 aromatic heterocycles. The van der Waals surface area contributed by atoms with Crippen molar-refractivity contribution in [2.75, 3.05) is 5.32 Å². The standard InChI is InChI=1S/C20H18BNO2/c23-21(24)17-7-5-14(6-8-17)13-22-18-9-10-20-16(12-18)11-15-3-1-2-4-19(15)20/h1-10,12,22-24H,11,13H2. The van der Waals surface area contributed by atoms with Crippen molar-refractivity contribution < 1.29 is 10.0 Å². The Kier molecular flexibility index (Phi) is 3.85. The van der Waals surface area contributed by atoms with Crippen molar-refractivity contribution >= 4 is 18.3 Å². The number of hydrogen-bond donors (Lipinski definition) is 3. The van der Waals surface area contributed by atoms with Gasteiger partial charge in [-0.1, -0.05) is 54.6 Å². The zero-order chi connectivity index (χ0) is 16.5. The van der Waals surface area contributed by atoms with E-state index in [0.29, 0.717) is 12.0 Å². The van der Waals surface area contributed by atoms with Crippen LogP contribution in [0.4, 0.5) is 5.69 Å². The van der Waals surface area contributed by atoms with Gasteiger partial charge in [0.15, 0.2) is 0 Å². The van der Waals surface area contributed by atoms with Crippen LogP contribution in [0.5, 0.6) is 0 Å². The molecule has 4 rings (SSSR count). The first-order valence-corrected chi connectivity index (χ1v) is 8.11. The van der Waals surface area contributed by atoms with Gasteiger partial charge in [0.25, 0.3) is 0 Å². The van der Waals surface area contributed by atoms with E-state index in [1.165, 1.54) is 22.3 Å². The molecule has 0 fully saturated rings. The predicted octanol–water partition coefficient (Wildman–Crippen LogP) is 2.55. The Labute approximate surface area is 141 Å². The van der Waals surface area contributed by atoms with Crippen molar-refractivity contribution in [1.82, 2.24) is 0 Å². The normalized spacial score (nSPS) is 11.8. The van der Waals surface area contributed by atoms with Crippen LogP contribution in [0.2, 0.25) is 0 Å². The summed E-state index contributed by atoms with van der Waals surface area (Å²) in [6, 6.07) is 22.4. The van der Waals surface area contributed by atoms with Crippen molar-refractivity contribution in [1.29, 1.82) is 0 Å². The van der Waals surface area contributed by atoms with Crippen molar-refractivity contribution in [3.05, 3.63) is 83.4 Å². The van der Waals surface area contributed by atoms with E-state index in [9.17, 15) is 0 Å². The molecule has 3 aromatic rings. The highest BCUT2D eigenvalue weighted by atomic mass is 16.4. The fourth-order valence-electron chi connectivity index (χ4n) is 3.27. The number of rotatable bonds is 4. The van der Waals surface area contributed by atoms with Gasteiger partial charge in [-0.25, -0.2) is 0 Å². The number of benzene rings is 3. The molecule has 24 heavy (non-hydrogen) atoms. The second-order valence-electron chi connectivity index (χ2n) is 6.17. The van der Waals surface area contributed by atoms with Gasteiger partial charge >= 0.3 is 7.12 Å². The highest BCUT2D eigenvalue weighted by Gasteiger charge is 2.17. The van der Waals surface area contributed by atoms with Gasteiger partial charge in [-0.2, -0.15) is 0 Å². The number of hydrogen-bond acceptors (Lipinski definition) is 3. The van der Waals surface area contributed by atoms with Gasteiger partial charge in [0.1, 0.15) is 0 Å². The lowest BCUT2D eigenvalue weighted by Gasteiger charge is -2.09. The third kappa shape index (κ3) is 2.82. The van der Waals surface area contributed by atoms with Crippen LogP contribution in [-0.2, 0) is 13.0 Å². The molecule has 4 heteroatoms. The van der Waals surface area contributed by atoms with E-state index in [4.69, 9.17) is 10.0 Å². The molecule has 0 amide bonds. The van der Waals surface area contributed by atoms with Crippen LogP contribution < -0.4 is 10.8 Å². The third-order valence-electron chi connectivity index (χ3n) is 4.57. The van der Waals surface area contributed by atoms with Gasteiger partial charge in [0, 0.05) is 12.2 Å². The molecule has 1 aliphatic rings. The Morgan fingerprint density at radius 1 is 0.833 bits per heavy atom. The molecule has 1 aliphatic carbocycles. The number of fused-ring (bicyclic) bond motifs is 3. The first-order valence-electron chi connectivity index (χ1n) is 8.11.